The molecule has 2 aliphatic rings. The quantitative estimate of drug-likeness (QED) is 0.432. The Morgan fingerprint density at radius 1 is 1.05 bits per heavy atom. The first-order valence-corrected chi connectivity index (χ1v) is 13.3. The average molecular weight is 538 g/mol. The minimum Gasteiger partial charge on any atom is -0.469 e. The molecule has 38 heavy (non-hydrogen) atoms. The van der Waals surface area contributed by atoms with Crippen LogP contribution in [0.5, 0.6) is 0 Å². The number of methoxy groups -OCH3 is 1. The summed E-state index contributed by atoms with van der Waals surface area (Å²) in [6.07, 6.45) is 4.76. The molecule has 0 amide bonds. The van der Waals surface area contributed by atoms with Gasteiger partial charge in [0, 0.05) is 36.0 Å². The zero-order chi connectivity index (χ0) is 26.9. The first-order valence-electron chi connectivity index (χ1n) is 13.0. The Morgan fingerprint density at radius 3 is 2.39 bits per heavy atom. The van der Waals surface area contributed by atoms with Gasteiger partial charge in [0.15, 0.2) is 0 Å². The molecule has 0 atom stereocenters. The molecule has 1 aromatic heterocycles. The number of rotatable bonds is 8. The number of aromatic nitrogens is 3. The average Bonchev–Trinajstić information content (AvgIpc) is 3.71. The molecule has 0 radical (unpaired) electrons. The van der Waals surface area contributed by atoms with Gasteiger partial charge in [-0.2, -0.15) is 4.98 Å². The van der Waals surface area contributed by atoms with Crippen LogP contribution in [0.15, 0.2) is 52.1 Å². The maximum Gasteiger partial charge on any atom is 0.354 e. The lowest BCUT2D eigenvalue weighted by molar-refractivity contribution is -0.147. The Bertz CT molecular complexity index is 1450. The van der Waals surface area contributed by atoms with E-state index in [0.717, 1.165) is 34.5 Å². The van der Waals surface area contributed by atoms with E-state index in [9.17, 15) is 14.4 Å². The van der Waals surface area contributed by atoms with E-state index in [0.29, 0.717) is 17.9 Å². The normalized spacial score (nSPS) is 16.2. The fourth-order valence-electron chi connectivity index (χ4n) is 5.12. The molecule has 0 spiro atoms. The van der Waals surface area contributed by atoms with E-state index in [1.165, 1.54) is 36.6 Å². The van der Waals surface area contributed by atoms with E-state index >= 15 is 0 Å². The largest absolute Gasteiger partial charge is 0.469 e. The molecule has 0 unspecified atom stereocenters. The third-order valence-corrected chi connectivity index (χ3v) is 7.74. The molecule has 1 aliphatic carbocycles. The van der Waals surface area contributed by atoms with Gasteiger partial charge in [0.2, 0.25) is 5.95 Å². The summed E-state index contributed by atoms with van der Waals surface area (Å²) in [5.74, 6) is -0.279. The fraction of sp³-hybridized carbons (Fsp3) is 0.429. The van der Waals surface area contributed by atoms with Crippen LogP contribution in [0.2, 0.25) is 5.02 Å². The molecule has 2 aromatic carbocycles. The summed E-state index contributed by atoms with van der Waals surface area (Å²) in [5, 5.41) is 3.78. The number of hydrogen-bond acceptors (Lipinski definition) is 7. The number of aryl methyl sites for hydroxylation is 1. The number of nitrogens with zero attached hydrogens (tertiary/aromatic N) is 4. The summed E-state index contributed by atoms with van der Waals surface area (Å²) in [5.41, 5.74) is 1.73. The van der Waals surface area contributed by atoms with Crippen molar-refractivity contribution >= 4 is 34.9 Å². The van der Waals surface area contributed by atoms with E-state index in [-0.39, 0.29) is 19.0 Å². The van der Waals surface area contributed by atoms with E-state index in [1.54, 1.807) is 12.1 Å². The van der Waals surface area contributed by atoms with Crippen LogP contribution in [0.4, 0.5) is 17.3 Å². The first kappa shape index (κ1) is 26.0. The van der Waals surface area contributed by atoms with Gasteiger partial charge in [-0.15, -0.1) is 0 Å². The predicted octanol–water partition coefficient (Wildman–Crippen LogP) is 4.10. The highest BCUT2D eigenvalue weighted by atomic mass is 35.5. The van der Waals surface area contributed by atoms with Gasteiger partial charge in [0.25, 0.3) is 0 Å². The Labute approximate surface area is 226 Å². The van der Waals surface area contributed by atoms with Gasteiger partial charge in [-0.3, -0.25) is 9.36 Å². The molecule has 2 heterocycles. The number of nitrogens with one attached hydrogen (secondary N) is 1. The van der Waals surface area contributed by atoms with Gasteiger partial charge in [-0.05, 0) is 80.5 Å². The van der Waals surface area contributed by atoms with Crippen molar-refractivity contribution in [1.29, 1.82) is 0 Å². The summed E-state index contributed by atoms with van der Waals surface area (Å²) in [6, 6.07) is 13.2. The van der Waals surface area contributed by atoms with E-state index < -0.39 is 22.8 Å². The number of benzene rings is 2. The molecule has 5 rings (SSSR count). The topological polar surface area (TPSA) is 98.5 Å². The summed E-state index contributed by atoms with van der Waals surface area (Å²) in [6.45, 7) is 4.25. The second kappa shape index (κ2) is 10.6. The van der Waals surface area contributed by atoms with Crippen molar-refractivity contribution in [2.24, 2.45) is 5.41 Å². The number of hydrogen-bond donors (Lipinski definition) is 1. The Hall–Kier alpha value is -3.59. The van der Waals surface area contributed by atoms with Crippen LogP contribution in [0.25, 0.3) is 0 Å². The molecular formula is C28H32ClN5O4. The van der Waals surface area contributed by atoms with Gasteiger partial charge in [-0.1, -0.05) is 23.7 Å². The maximum absolute atomic E-state index is 13.7. The Morgan fingerprint density at radius 2 is 1.76 bits per heavy atom. The maximum atomic E-state index is 13.7. The second-order valence-corrected chi connectivity index (χ2v) is 10.7. The smallest absolute Gasteiger partial charge is 0.354 e. The van der Waals surface area contributed by atoms with Gasteiger partial charge in [0.1, 0.15) is 0 Å². The van der Waals surface area contributed by atoms with Gasteiger partial charge < -0.3 is 15.0 Å². The summed E-state index contributed by atoms with van der Waals surface area (Å²) in [4.78, 5) is 45.7. The fourth-order valence-corrected chi connectivity index (χ4v) is 5.25. The summed E-state index contributed by atoms with van der Waals surface area (Å²) >= 11 is 6.05. The number of esters is 1. The Kier molecular flexibility index (Phi) is 7.29. The number of anilines is 3. The van der Waals surface area contributed by atoms with Crippen molar-refractivity contribution in [1.82, 2.24) is 14.1 Å². The second-order valence-electron chi connectivity index (χ2n) is 10.2. The van der Waals surface area contributed by atoms with Gasteiger partial charge in [-0.25, -0.2) is 14.2 Å². The molecule has 1 saturated carbocycles. The Balaban J connectivity index is 1.50. The van der Waals surface area contributed by atoms with Crippen LogP contribution in [0.1, 0.15) is 43.2 Å². The number of ether oxygens (including phenoxy) is 1. The minimum absolute atomic E-state index is 0.0606. The van der Waals surface area contributed by atoms with Crippen LogP contribution >= 0.6 is 11.6 Å². The van der Waals surface area contributed by atoms with Crippen LogP contribution < -0.4 is 21.6 Å². The van der Waals surface area contributed by atoms with Crippen LogP contribution in [0.3, 0.4) is 0 Å². The predicted molar refractivity (Wildman–Crippen MR) is 148 cm³/mol. The SMILES string of the molecule is COC(=O)C1(Cn2c(=O)nc(Nc3ccc(N4CCCCC4)c(C)c3)n(Cc3ccc(Cl)cc3)c2=O)CC1. The van der Waals surface area contributed by atoms with Gasteiger partial charge in [0.05, 0.1) is 19.1 Å². The molecule has 1 saturated heterocycles. The monoisotopic (exact) mass is 537 g/mol. The number of halogens is 1. The lowest BCUT2D eigenvalue weighted by Gasteiger charge is -2.30. The third-order valence-electron chi connectivity index (χ3n) is 7.49. The van der Waals surface area contributed by atoms with Gasteiger partial charge >= 0.3 is 17.3 Å². The van der Waals surface area contributed by atoms with Crippen LogP contribution in [0, 0.1) is 12.3 Å². The highest BCUT2D eigenvalue weighted by Crippen LogP contribution is 2.47. The highest BCUT2D eigenvalue weighted by Gasteiger charge is 2.52. The molecular weight excluding hydrogens is 506 g/mol. The van der Waals surface area contributed by atoms with Crippen molar-refractivity contribution < 1.29 is 9.53 Å². The van der Waals surface area contributed by atoms with E-state index in [1.807, 2.05) is 24.3 Å². The number of piperidine rings is 1. The molecule has 1 N–H and O–H groups in total. The van der Waals surface area contributed by atoms with Crippen molar-refractivity contribution in [3.05, 3.63) is 79.6 Å². The number of carbonyl (C=O) groups is 1. The van der Waals surface area contributed by atoms with Crippen molar-refractivity contribution in [2.75, 3.05) is 30.4 Å². The third kappa shape index (κ3) is 5.34. The van der Waals surface area contributed by atoms with Crippen molar-refractivity contribution in [3.63, 3.8) is 0 Å². The number of carbonyl (C=O) groups excluding carboxylic acids is 1. The zero-order valence-corrected chi connectivity index (χ0v) is 22.5. The van der Waals surface area contributed by atoms with Crippen LogP contribution in [-0.4, -0.2) is 40.3 Å². The van der Waals surface area contributed by atoms with E-state index in [2.05, 4.69) is 28.2 Å². The molecule has 9 nitrogen and oxygen atoms in total. The molecule has 2 fully saturated rings. The van der Waals surface area contributed by atoms with Crippen molar-refractivity contribution in [3.8, 4) is 0 Å². The molecule has 1 aliphatic heterocycles. The summed E-state index contributed by atoms with van der Waals surface area (Å²) in [7, 11) is 1.31. The van der Waals surface area contributed by atoms with Crippen molar-refractivity contribution in [2.45, 2.75) is 52.1 Å². The summed E-state index contributed by atoms with van der Waals surface area (Å²) < 4.78 is 7.38. The standard InChI is InChI=1S/C28H32ClN5O4/c1-19-16-22(10-11-23(19)32-14-4-3-5-15-32)30-25-31-26(36)34(18-28(12-13-28)24(35)38-2)27(37)33(25)17-20-6-8-21(29)9-7-20/h6-11,16H,3-5,12-15,17-18H2,1-2H3,(H,30,31,36). The zero-order valence-electron chi connectivity index (χ0n) is 21.7. The first-order chi connectivity index (χ1) is 18.3. The lowest BCUT2D eigenvalue weighted by Crippen LogP contribution is -2.45. The molecule has 0 bridgehead atoms. The molecule has 10 heteroatoms. The highest BCUT2D eigenvalue weighted by molar-refractivity contribution is 6.30. The van der Waals surface area contributed by atoms with E-state index in [4.69, 9.17) is 16.3 Å². The van der Waals surface area contributed by atoms with Crippen LogP contribution in [-0.2, 0) is 22.6 Å². The molecule has 3 aromatic rings. The molecule has 200 valence electrons. The lowest BCUT2D eigenvalue weighted by atomic mass is 10.1. The minimum atomic E-state index is -0.853.